The van der Waals surface area contributed by atoms with Crippen molar-refractivity contribution in [3.05, 3.63) is 144 Å². The van der Waals surface area contributed by atoms with E-state index in [4.69, 9.17) is 23.7 Å². The van der Waals surface area contributed by atoms with Gasteiger partial charge in [-0.3, -0.25) is 0 Å². The number of ether oxygens (including phenoxy) is 5. The number of halogens is 1. The van der Waals surface area contributed by atoms with Crippen molar-refractivity contribution < 1.29 is 49.8 Å². The van der Waals surface area contributed by atoms with Gasteiger partial charge in [-0.15, -0.1) is 12.4 Å². The Morgan fingerprint density at radius 2 is 0.833 bits per heavy atom. The van der Waals surface area contributed by atoms with Crippen molar-refractivity contribution in [1.29, 1.82) is 0 Å². The Kier molecular flexibility index (Phi) is 14.0. The molecule has 5 atom stereocenters. The van der Waals surface area contributed by atoms with E-state index >= 15 is 0 Å². The maximum atomic E-state index is 6.75. The number of hydrogen-bond donors (Lipinski definition) is 0. The summed E-state index contributed by atoms with van der Waals surface area (Å²) in [7, 11) is 0. The molecule has 0 radical (unpaired) electrons. The first-order valence-electron chi connectivity index (χ1n) is 14.3. The maximum absolute atomic E-state index is 6.75. The third-order valence-corrected chi connectivity index (χ3v) is 9.48. The van der Waals surface area contributed by atoms with Crippen LogP contribution in [0, 0.1) is 0 Å². The molecule has 0 bridgehead atoms. The zero-order valence-corrected chi connectivity index (χ0v) is 30.1. The molecule has 0 N–H and O–H groups in total. The average molecular weight is 775 g/mol. The third kappa shape index (κ3) is 9.71. The molecule has 4 aromatic rings. The van der Waals surface area contributed by atoms with E-state index < -0.39 is 0 Å². The van der Waals surface area contributed by atoms with Crippen LogP contribution in [0.5, 0.6) is 0 Å². The molecule has 0 aromatic heterocycles. The molecule has 42 heavy (non-hydrogen) atoms. The van der Waals surface area contributed by atoms with Gasteiger partial charge in [-0.1, -0.05) is 0 Å². The summed E-state index contributed by atoms with van der Waals surface area (Å²) in [6, 6.07) is 41.0. The molecule has 0 aliphatic carbocycles. The van der Waals surface area contributed by atoms with Gasteiger partial charge in [0.2, 0.25) is 0 Å². The molecule has 1 aliphatic heterocycles. The van der Waals surface area contributed by atoms with E-state index in [-0.39, 0.29) is 42.9 Å². The molecule has 5 nitrogen and oxygen atoms in total. The van der Waals surface area contributed by atoms with Crippen LogP contribution < -0.4 is 0 Å². The monoisotopic (exact) mass is 775 g/mol. The van der Waals surface area contributed by atoms with Crippen molar-refractivity contribution in [3.63, 3.8) is 0 Å². The van der Waals surface area contributed by atoms with Gasteiger partial charge in [-0.05, 0) is 0 Å². The molecule has 0 saturated carbocycles. The van der Waals surface area contributed by atoms with Crippen LogP contribution in [0.4, 0.5) is 0 Å². The number of hydrogen-bond acceptors (Lipinski definition) is 5. The van der Waals surface area contributed by atoms with E-state index in [0.29, 0.717) is 59.2 Å². The standard InChI is InChI=1S/C35H37O5.ClH.Hg/c1-27-33(37-23-29-16-8-3-9-17-29)35(39-25-31-20-12-5-13-21-31)34(38-24-30-18-10-4-11-19-30)32(40-27)26-36-22-28-14-6-2-7-15-28;;/h2-21,27,32-35H,1,22-26H2;1H;/t27-,32-,33-,34-,35-;;/m1../s1. The molecule has 4 aromatic carbocycles. The minimum atomic E-state index is -0.369. The van der Waals surface area contributed by atoms with Gasteiger partial charge in [-0.25, -0.2) is 0 Å². The Morgan fingerprint density at radius 1 is 0.476 bits per heavy atom. The molecule has 1 aliphatic rings. The molecule has 0 spiro atoms. The topological polar surface area (TPSA) is 46.2 Å². The van der Waals surface area contributed by atoms with Crippen LogP contribution in [-0.2, 0) is 76.2 Å². The zero-order chi connectivity index (χ0) is 28.1. The molecule has 0 amide bonds. The summed E-state index contributed by atoms with van der Waals surface area (Å²) in [4.78, 5) is 0. The zero-order valence-electron chi connectivity index (χ0n) is 23.8. The Balaban J connectivity index is 0.00000405. The van der Waals surface area contributed by atoms with Crippen LogP contribution in [0.25, 0.3) is 0 Å². The van der Waals surface area contributed by atoms with Gasteiger partial charge in [-0.2, -0.15) is 0 Å². The molecule has 1 fully saturated rings. The van der Waals surface area contributed by atoms with Crippen molar-refractivity contribution in [1.82, 2.24) is 0 Å². The molecular formula is C35H38ClHgO5. The van der Waals surface area contributed by atoms with Crippen molar-refractivity contribution in [2.24, 2.45) is 0 Å². The first kappa shape index (κ1) is 32.8. The van der Waals surface area contributed by atoms with Gasteiger partial charge in [0.15, 0.2) is 0 Å². The second-order valence-corrected chi connectivity index (χ2v) is 12.5. The molecule has 217 valence electrons. The summed E-state index contributed by atoms with van der Waals surface area (Å²) in [6.07, 6.45) is -1.32. The van der Waals surface area contributed by atoms with Crippen LogP contribution in [-0.4, -0.2) is 37.1 Å². The van der Waals surface area contributed by atoms with E-state index in [1.165, 1.54) is 0 Å². The second kappa shape index (κ2) is 17.9. The van der Waals surface area contributed by atoms with Gasteiger partial charge >= 0.3 is 261 Å². The van der Waals surface area contributed by atoms with Gasteiger partial charge in [0.05, 0.1) is 0 Å². The minimum absolute atomic E-state index is 0. The second-order valence-electron chi connectivity index (χ2n) is 10.3. The Hall–Kier alpha value is -2.09. The number of benzene rings is 4. The van der Waals surface area contributed by atoms with Crippen molar-refractivity contribution in [2.75, 3.05) is 6.61 Å². The summed E-state index contributed by atoms with van der Waals surface area (Å²) in [5, 5.41) is 0. The predicted molar refractivity (Wildman–Crippen MR) is 162 cm³/mol. The fourth-order valence-electron chi connectivity index (χ4n) is 5.12. The fourth-order valence-corrected chi connectivity index (χ4v) is 6.92. The summed E-state index contributed by atoms with van der Waals surface area (Å²) < 4.78 is 34.0. The van der Waals surface area contributed by atoms with Gasteiger partial charge in [0.25, 0.3) is 0 Å². The fraction of sp³-hybridized carbons (Fsp3) is 0.314. The van der Waals surface area contributed by atoms with Crippen molar-refractivity contribution in [2.45, 2.75) is 60.9 Å². The van der Waals surface area contributed by atoms with Crippen molar-refractivity contribution in [3.8, 4) is 0 Å². The Labute approximate surface area is 271 Å². The SMILES string of the molecule is Cl.[Hg][CH2][C@H]1O[C@H](COCc2ccccc2)[C@@H](OCc2ccccc2)[C@H](OCc2ccccc2)[C@@H]1OCc1ccccc1. The average Bonchev–Trinajstić information content (AvgIpc) is 3.04. The van der Waals surface area contributed by atoms with E-state index in [9.17, 15) is 0 Å². The van der Waals surface area contributed by atoms with Gasteiger partial charge < -0.3 is 0 Å². The van der Waals surface area contributed by atoms with Crippen LogP contribution in [0.2, 0.25) is 3.93 Å². The molecule has 7 heteroatoms. The molecular weight excluding hydrogens is 736 g/mol. The normalized spacial score (nSPS) is 21.9. The van der Waals surface area contributed by atoms with E-state index in [1.807, 2.05) is 72.8 Å². The van der Waals surface area contributed by atoms with E-state index in [2.05, 4.69) is 48.5 Å². The molecule has 0 unspecified atom stereocenters. The van der Waals surface area contributed by atoms with E-state index in [1.54, 1.807) is 0 Å². The summed E-state index contributed by atoms with van der Waals surface area (Å²) in [6.45, 7) is 2.35. The molecule has 5 rings (SSSR count). The van der Waals surface area contributed by atoms with Crippen LogP contribution in [0.3, 0.4) is 0 Å². The quantitative estimate of drug-likeness (QED) is 0.128. The van der Waals surface area contributed by atoms with Crippen LogP contribution in [0.15, 0.2) is 121 Å². The van der Waals surface area contributed by atoms with E-state index in [0.717, 1.165) is 26.2 Å². The van der Waals surface area contributed by atoms with Crippen LogP contribution >= 0.6 is 12.4 Å². The summed E-state index contributed by atoms with van der Waals surface area (Å²) in [5.74, 6) is 0. The predicted octanol–water partition coefficient (Wildman–Crippen LogP) is 7.11. The molecule has 1 heterocycles. The van der Waals surface area contributed by atoms with Gasteiger partial charge in [0, 0.05) is 0 Å². The molecule has 1 saturated heterocycles. The Morgan fingerprint density at radius 3 is 1.24 bits per heavy atom. The van der Waals surface area contributed by atoms with Crippen molar-refractivity contribution >= 4 is 12.4 Å². The Bertz CT molecular complexity index is 1270. The first-order chi connectivity index (χ1) is 20.3. The summed E-state index contributed by atoms with van der Waals surface area (Å²) in [5.41, 5.74) is 4.48. The first-order valence-corrected chi connectivity index (χ1v) is 18.2. The van der Waals surface area contributed by atoms with Crippen LogP contribution in [0.1, 0.15) is 22.3 Å². The summed E-state index contributed by atoms with van der Waals surface area (Å²) >= 11 is 0.515. The number of rotatable bonds is 14. The third-order valence-electron chi connectivity index (χ3n) is 7.26. The van der Waals surface area contributed by atoms with Gasteiger partial charge in [0.1, 0.15) is 0 Å².